The molecule has 0 spiro atoms. The van der Waals surface area contributed by atoms with Crippen molar-refractivity contribution in [3.05, 3.63) is 45.4 Å². The van der Waals surface area contributed by atoms with E-state index in [1.54, 1.807) is 0 Å². The minimum Gasteiger partial charge on any atom is -0.335 e. The summed E-state index contributed by atoms with van der Waals surface area (Å²) in [6, 6.07) is 5.87. The zero-order valence-electron chi connectivity index (χ0n) is 12.7. The monoisotopic (exact) mass is 335 g/mol. The molecule has 2 rings (SSSR count). The number of carbonyl (C=O) groups is 1. The maximum atomic E-state index is 12.6. The third-order valence-electron chi connectivity index (χ3n) is 3.89. The number of aryl methyl sites for hydroxylation is 1. The van der Waals surface area contributed by atoms with Gasteiger partial charge in [-0.3, -0.25) is 4.79 Å². The Morgan fingerprint density at radius 1 is 1.30 bits per heavy atom. The molecule has 20 heavy (non-hydrogen) atoms. The number of amides is 1. The lowest BCUT2D eigenvalue weighted by molar-refractivity contribution is 0.0764. The fourth-order valence-corrected chi connectivity index (χ4v) is 2.89. The molecule has 108 valence electrons. The Balaban J connectivity index is 2.17. The van der Waals surface area contributed by atoms with Gasteiger partial charge >= 0.3 is 0 Å². The zero-order valence-corrected chi connectivity index (χ0v) is 14.3. The summed E-state index contributed by atoms with van der Waals surface area (Å²) in [5.74, 6) is 0.132. The molecule has 1 aromatic rings. The highest BCUT2D eigenvalue weighted by Gasteiger charge is 2.24. The van der Waals surface area contributed by atoms with Gasteiger partial charge in [0.05, 0.1) is 0 Å². The Hall–Kier alpha value is -1.09. The summed E-state index contributed by atoms with van der Waals surface area (Å²) >= 11 is 3.44. The first-order chi connectivity index (χ1) is 9.29. The van der Waals surface area contributed by atoms with E-state index < -0.39 is 0 Å². The molecule has 1 aliphatic rings. The van der Waals surface area contributed by atoms with Crippen LogP contribution < -0.4 is 0 Å². The number of hydrogen-bond donors (Lipinski definition) is 0. The fourth-order valence-electron chi connectivity index (χ4n) is 2.53. The smallest absolute Gasteiger partial charge is 0.254 e. The van der Waals surface area contributed by atoms with Crippen molar-refractivity contribution < 1.29 is 4.79 Å². The number of benzene rings is 1. The second-order valence-electron chi connectivity index (χ2n) is 6.44. The van der Waals surface area contributed by atoms with Gasteiger partial charge in [0.2, 0.25) is 0 Å². The predicted octanol–water partition coefficient (Wildman–Crippen LogP) is 4.58. The topological polar surface area (TPSA) is 20.3 Å². The molecule has 0 saturated carbocycles. The van der Waals surface area contributed by atoms with Crippen molar-refractivity contribution in [2.45, 2.75) is 34.1 Å². The van der Waals surface area contributed by atoms with Crippen LogP contribution in [0.1, 0.15) is 43.1 Å². The molecule has 0 aliphatic carbocycles. The lowest BCUT2D eigenvalue weighted by Gasteiger charge is -2.32. The van der Waals surface area contributed by atoms with E-state index in [4.69, 9.17) is 0 Å². The quantitative estimate of drug-likeness (QED) is 0.688. The van der Waals surface area contributed by atoms with Crippen molar-refractivity contribution >= 4 is 21.8 Å². The Morgan fingerprint density at radius 2 is 2.00 bits per heavy atom. The van der Waals surface area contributed by atoms with E-state index in [1.807, 2.05) is 30.0 Å². The van der Waals surface area contributed by atoms with E-state index in [2.05, 4.69) is 42.8 Å². The molecule has 0 saturated heterocycles. The molecule has 0 unspecified atom stereocenters. The van der Waals surface area contributed by atoms with Crippen LogP contribution in [0.5, 0.6) is 0 Å². The summed E-state index contributed by atoms with van der Waals surface area (Å²) < 4.78 is 0.953. The summed E-state index contributed by atoms with van der Waals surface area (Å²) in [6.45, 7) is 10.2. The van der Waals surface area contributed by atoms with Crippen molar-refractivity contribution in [3.63, 3.8) is 0 Å². The van der Waals surface area contributed by atoms with E-state index in [-0.39, 0.29) is 11.3 Å². The summed E-state index contributed by atoms with van der Waals surface area (Å²) in [6.07, 6.45) is 3.19. The van der Waals surface area contributed by atoms with Crippen LogP contribution in [-0.4, -0.2) is 23.9 Å². The van der Waals surface area contributed by atoms with Gasteiger partial charge in [-0.15, -0.1) is 0 Å². The highest BCUT2D eigenvalue weighted by atomic mass is 79.9. The Kier molecular flexibility index (Phi) is 4.38. The first-order valence-electron chi connectivity index (χ1n) is 7.04. The molecule has 0 bridgehead atoms. The molecular weight excluding hydrogens is 314 g/mol. The molecule has 1 aliphatic heterocycles. The number of nitrogens with zero attached hydrogens (tertiary/aromatic N) is 1. The predicted molar refractivity (Wildman–Crippen MR) is 86.9 cm³/mol. The molecule has 1 aromatic carbocycles. The average Bonchev–Trinajstić information content (AvgIpc) is 2.40. The van der Waals surface area contributed by atoms with E-state index >= 15 is 0 Å². The Bertz CT molecular complexity index is 555. The van der Waals surface area contributed by atoms with Crippen molar-refractivity contribution in [2.24, 2.45) is 5.41 Å². The first kappa shape index (κ1) is 15.3. The fraction of sp³-hybridized carbons (Fsp3) is 0.471. The van der Waals surface area contributed by atoms with E-state index in [9.17, 15) is 4.79 Å². The Labute approximate surface area is 130 Å². The van der Waals surface area contributed by atoms with Crippen LogP contribution in [0.25, 0.3) is 0 Å². The van der Waals surface area contributed by atoms with Crippen molar-refractivity contribution in [1.82, 2.24) is 4.90 Å². The molecular formula is C17H22BrNO. The number of halogens is 1. The number of hydrogen-bond acceptors (Lipinski definition) is 1. The van der Waals surface area contributed by atoms with Gasteiger partial charge in [-0.05, 0) is 36.5 Å². The van der Waals surface area contributed by atoms with Gasteiger partial charge in [0.1, 0.15) is 0 Å². The molecule has 0 fully saturated rings. The molecule has 2 nitrogen and oxygen atoms in total. The molecule has 0 atom stereocenters. The Morgan fingerprint density at radius 3 is 2.55 bits per heavy atom. The SMILES string of the molecule is Cc1ccc(Br)cc1C(=O)N1CC=C(C(C)(C)C)CC1. The second kappa shape index (κ2) is 5.72. The van der Waals surface area contributed by atoms with Gasteiger partial charge in [0, 0.05) is 23.1 Å². The van der Waals surface area contributed by atoms with Gasteiger partial charge in [-0.25, -0.2) is 0 Å². The summed E-state index contributed by atoms with van der Waals surface area (Å²) in [5, 5.41) is 0. The number of rotatable bonds is 1. The summed E-state index contributed by atoms with van der Waals surface area (Å²) in [4.78, 5) is 14.5. The minimum absolute atomic E-state index is 0.132. The standard InChI is InChI=1S/C17H22BrNO/c1-12-5-6-14(18)11-15(12)16(20)19-9-7-13(8-10-19)17(2,3)4/h5-7,11H,8-10H2,1-4H3. The third kappa shape index (κ3) is 3.32. The van der Waals surface area contributed by atoms with Crippen LogP contribution in [0.4, 0.5) is 0 Å². The minimum atomic E-state index is 0.132. The van der Waals surface area contributed by atoms with Crippen molar-refractivity contribution in [3.8, 4) is 0 Å². The van der Waals surface area contributed by atoms with Crippen LogP contribution in [0.15, 0.2) is 34.3 Å². The van der Waals surface area contributed by atoms with Crippen molar-refractivity contribution in [1.29, 1.82) is 0 Å². The van der Waals surface area contributed by atoms with E-state index in [1.165, 1.54) is 5.57 Å². The maximum Gasteiger partial charge on any atom is 0.254 e. The molecule has 1 heterocycles. The lowest BCUT2D eigenvalue weighted by atomic mass is 9.83. The van der Waals surface area contributed by atoms with Crippen LogP contribution in [0.2, 0.25) is 0 Å². The molecule has 0 aromatic heterocycles. The maximum absolute atomic E-state index is 12.6. The average molecular weight is 336 g/mol. The van der Waals surface area contributed by atoms with E-state index in [0.29, 0.717) is 0 Å². The molecule has 0 radical (unpaired) electrons. The van der Waals surface area contributed by atoms with Gasteiger partial charge in [-0.2, -0.15) is 0 Å². The summed E-state index contributed by atoms with van der Waals surface area (Å²) in [5.41, 5.74) is 3.49. The molecule has 1 amide bonds. The first-order valence-corrected chi connectivity index (χ1v) is 7.83. The van der Waals surface area contributed by atoms with Gasteiger partial charge in [0.15, 0.2) is 0 Å². The van der Waals surface area contributed by atoms with Crippen LogP contribution in [-0.2, 0) is 0 Å². The van der Waals surface area contributed by atoms with Gasteiger partial charge < -0.3 is 4.90 Å². The highest BCUT2D eigenvalue weighted by molar-refractivity contribution is 9.10. The van der Waals surface area contributed by atoms with Gasteiger partial charge in [-0.1, -0.05) is 54.4 Å². The number of carbonyl (C=O) groups excluding carboxylic acids is 1. The van der Waals surface area contributed by atoms with Crippen molar-refractivity contribution in [2.75, 3.05) is 13.1 Å². The summed E-state index contributed by atoms with van der Waals surface area (Å²) in [7, 11) is 0. The normalized spacial score (nSPS) is 16.1. The largest absolute Gasteiger partial charge is 0.335 e. The van der Waals surface area contributed by atoms with Crippen LogP contribution >= 0.6 is 15.9 Å². The second-order valence-corrected chi connectivity index (χ2v) is 7.36. The molecule has 3 heteroatoms. The lowest BCUT2D eigenvalue weighted by Crippen LogP contribution is -2.36. The van der Waals surface area contributed by atoms with Crippen LogP contribution in [0.3, 0.4) is 0 Å². The molecule has 0 N–H and O–H groups in total. The zero-order chi connectivity index (χ0) is 14.9. The van der Waals surface area contributed by atoms with Crippen LogP contribution in [0, 0.1) is 12.3 Å². The van der Waals surface area contributed by atoms with Gasteiger partial charge in [0.25, 0.3) is 5.91 Å². The van der Waals surface area contributed by atoms with E-state index in [0.717, 1.165) is 35.1 Å². The highest BCUT2D eigenvalue weighted by Crippen LogP contribution is 2.30. The third-order valence-corrected chi connectivity index (χ3v) is 4.38.